The van der Waals surface area contributed by atoms with Gasteiger partial charge in [0.1, 0.15) is 17.4 Å². The van der Waals surface area contributed by atoms with E-state index in [-0.39, 0.29) is 25.2 Å². The molecule has 0 aliphatic carbocycles. The molecule has 5 rings (SSSR count). The number of nitrogens with zero attached hydrogens (tertiary/aromatic N) is 1. The van der Waals surface area contributed by atoms with Gasteiger partial charge in [-0.1, -0.05) is 29.8 Å². The summed E-state index contributed by atoms with van der Waals surface area (Å²) in [7, 11) is -2.08. The molecule has 0 spiro atoms. The Hall–Kier alpha value is -2.92. The minimum absolute atomic E-state index is 0.0196. The van der Waals surface area contributed by atoms with Gasteiger partial charge in [0.05, 0.1) is 49.5 Å². The third-order valence-corrected chi connectivity index (χ3v) is 8.03. The average Bonchev–Trinajstić information content (AvgIpc) is 3.48. The first kappa shape index (κ1) is 25.7. The standard InChI is InChI=1S/C27H32N2O7S/c1-16-5-7-18(8-6-16)26-25(27(30)28-3)22-11-21-17(2)35-20(15-34-19-9-10-33-14-19)13-29(37(4,31)32)23(21)12-24(22)36-26/h5-8,11-12,17,19-20H,9-10,13-15H2,1-4H3,(H,28,30)/t17-,19+,20-/m0/s1. The number of rotatable bonds is 6. The van der Waals surface area contributed by atoms with Crippen LogP contribution in [0.1, 0.15) is 40.9 Å². The summed E-state index contributed by atoms with van der Waals surface area (Å²) >= 11 is 0. The molecule has 1 amide bonds. The zero-order valence-electron chi connectivity index (χ0n) is 21.4. The second-order valence-corrected chi connectivity index (χ2v) is 11.6. The van der Waals surface area contributed by atoms with Crippen LogP contribution in [-0.4, -0.2) is 66.2 Å². The van der Waals surface area contributed by atoms with Crippen LogP contribution in [0.4, 0.5) is 5.69 Å². The fraction of sp³-hybridized carbons (Fsp3) is 0.444. The number of aryl methyl sites for hydroxylation is 1. The molecule has 0 unspecified atom stereocenters. The number of anilines is 1. The fourth-order valence-electron chi connectivity index (χ4n) is 4.93. The molecule has 0 bridgehead atoms. The quantitative estimate of drug-likeness (QED) is 0.519. The van der Waals surface area contributed by atoms with E-state index in [1.165, 1.54) is 10.6 Å². The largest absolute Gasteiger partial charge is 0.455 e. The van der Waals surface area contributed by atoms with Crippen LogP contribution in [0.15, 0.2) is 40.8 Å². The summed E-state index contributed by atoms with van der Waals surface area (Å²) in [5.41, 5.74) is 3.79. The number of furan rings is 1. The van der Waals surface area contributed by atoms with Crippen LogP contribution in [0.2, 0.25) is 0 Å². The molecule has 1 aromatic heterocycles. The molecule has 0 radical (unpaired) electrons. The molecule has 3 aromatic rings. The molecule has 1 saturated heterocycles. The zero-order chi connectivity index (χ0) is 26.3. The molecule has 1 fully saturated rings. The number of carbonyl (C=O) groups is 1. The zero-order valence-corrected chi connectivity index (χ0v) is 22.3. The SMILES string of the molecule is CNC(=O)c1c(-c2ccc(C)cc2)oc2cc3c(cc12)[C@H](C)O[C@H](CO[C@@H]1CCOC1)CN3S(C)(=O)=O. The summed E-state index contributed by atoms with van der Waals surface area (Å²) in [4.78, 5) is 13.0. The van der Waals surface area contributed by atoms with Gasteiger partial charge in [-0.25, -0.2) is 8.42 Å². The molecule has 37 heavy (non-hydrogen) atoms. The summed E-state index contributed by atoms with van der Waals surface area (Å²) in [5, 5.41) is 3.30. The number of carbonyl (C=O) groups excluding carboxylic acids is 1. The average molecular weight is 529 g/mol. The van der Waals surface area contributed by atoms with Gasteiger partial charge in [-0.05, 0) is 26.3 Å². The molecule has 2 aromatic carbocycles. The number of benzene rings is 2. The van der Waals surface area contributed by atoms with Crippen LogP contribution in [0, 0.1) is 6.92 Å². The molecule has 1 N–H and O–H groups in total. The number of ether oxygens (including phenoxy) is 3. The Labute approximate surface area is 216 Å². The van der Waals surface area contributed by atoms with E-state index in [0.717, 1.165) is 17.5 Å². The Kier molecular flexibility index (Phi) is 7.01. The second-order valence-electron chi connectivity index (χ2n) is 9.67. The summed E-state index contributed by atoms with van der Waals surface area (Å²) < 4.78 is 51.1. The highest BCUT2D eigenvalue weighted by Gasteiger charge is 2.34. The minimum Gasteiger partial charge on any atom is -0.455 e. The van der Waals surface area contributed by atoms with Crippen LogP contribution in [0.5, 0.6) is 0 Å². The van der Waals surface area contributed by atoms with Crippen molar-refractivity contribution < 1.29 is 31.8 Å². The number of hydrogen-bond acceptors (Lipinski definition) is 7. The fourth-order valence-corrected chi connectivity index (χ4v) is 5.88. The lowest BCUT2D eigenvalue weighted by atomic mass is 10.00. The van der Waals surface area contributed by atoms with Crippen LogP contribution >= 0.6 is 0 Å². The molecule has 3 atom stereocenters. The predicted octanol–water partition coefficient (Wildman–Crippen LogP) is 3.80. The van der Waals surface area contributed by atoms with Crippen LogP contribution in [-0.2, 0) is 24.2 Å². The topological polar surface area (TPSA) is 107 Å². The molecule has 2 aliphatic rings. The molecule has 10 heteroatoms. The van der Waals surface area contributed by atoms with Crippen molar-refractivity contribution in [3.8, 4) is 11.3 Å². The summed E-state index contributed by atoms with van der Waals surface area (Å²) in [6.07, 6.45) is 1.03. The highest BCUT2D eigenvalue weighted by molar-refractivity contribution is 7.92. The molecule has 2 aliphatic heterocycles. The van der Waals surface area contributed by atoms with Gasteiger partial charge in [0, 0.05) is 36.2 Å². The van der Waals surface area contributed by atoms with E-state index in [9.17, 15) is 13.2 Å². The first-order chi connectivity index (χ1) is 17.7. The Balaban J connectivity index is 1.60. The first-order valence-electron chi connectivity index (χ1n) is 12.4. The molecule has 198 valence electrons. The van der Waals surface area contributed by atoms with Crippen molar-refractivity contribution in [3.63, 3.8) is 0 Å². The summed E-state index contributed by atoms with van der Waals surface area (Å²) in [6.45, 7) is 5.40. The van der Waals surface area contributed by atoms with Crippen LogP contribution in [0.25, 0.3) is 22.3 Å². The van der Waals surface area contributed by atoms with Gasteiger partial charge in [-0.2, -0.15) is 0 Å². The third-order valence-electron chi connectivity index (χ3n) is 6.88. The Bertz CT molecular complexity index is 1410. The van der Waals surface area contributed by atoms with Gasteiger partial charge in [-0.15, -0.1) is 0 Å². The number of nitrogens with one attached hydrogen (secondary N) is 1. The highest BCUT2D eigenvalue weighted by atomic mass is 32.2. The molecule has 3 heterocycles. The van der Waals surface area contributed by atoms with Gasteiger partial charge < -0.3 is 23.9 Å². The second kappa shape index (κ2) is 10.1. The lowest BCUT2D eigenvalue weighted by Gasteiger charge is -2.25. The Morgan fingerprint density at radius 2 is 1.97 bits per heavy atom. The number of amides is 1. The van der Waals surface area contributed by atoms with Crippen molar-refractivity contribution in [1.82, 2.24) is 5.32 Å². The third kappa shape index (κ3) is 5.11. The molecular weight excluding hydrogens is 496 g/mol. The normalized spacial score (nSPS) is 22.2. The first-order valence-corrected chi connectivity index (χ1v) is 14.2. The Morgan fingerprint density at radius 1 is 1.22 bits per heavy atom. The summed E-state index contributed by atoms with van der Waals surface area (Å²) in [5.74, 6) is 0.139. The van der Waals surface area contributed by atoms with Crippen LogP contribution in [0.3, 0.4) is 0 Å². The van der Waals surface area contributed by atoms with E-state index >= 15 is 0 Å². The van der Waals surface area contributed by atoms with E-state index in [2.05, 4.69) is 5.32 Å². The van der Waals surface area contributed by atoms with Crippen molar-refractivity contribution in [2.75, 3.05) is 44.0 Å². The Morgan fingerprint density at radius 3 is 2.62 bits per heavy atom. The van der Waals surface area contributed by atoms with Gasteiger partial charge in [0.15, 0.2) is 0 Å². The van der Waals surface area contributed by atoms with Gasteiger partial charge in [0.2, 0.25) is 10.0 Å². The molecule has 9 nitrogen and oxygen atoms in total. The molecular formula is C27H32N2O7S. The summed E-state index contributed by atoms with van der Waals surface area (Å²) in [6, 6.07) is 11.2. The predicted molar refractivity (Wildman–Crippen MR) is 140 cm³/mol. The maximum absolute atomic E-state index is 13.0. The van der Waals surface area contributed by atoms with Crippen LogP contribution < -0.4 is 9.62 Å². The lowest BCUT2D eigenvalue weighted by Crippen LogP contribution is -2.39. The van der Waals surface area contributed by atoms with Crippen molar-refractivity contribution >= 4 is 32.6 Å². The molecule has 0 saturated carbocycles. The van der Waals surface area contributed by atoms with Crippen molar-refractivity contribution in [2.24, 2.45) is 0 Å². The van der Waals surface area contributed by atoms with E-state index in [1.54, 1.807) is 13.1 Å². The van der Waals surface area contributed by atoms with Crippen molar-refractivity contribution in [1.29, 1.82) is 0 Å². The van der Waals surface area contributed by atoms with Gasteiger partial charge in [-0.3, -0.25) is 9.10 Å². The van der Waals surface area contributed by atoms with E-state index < -0.39 is 22.2 Å². The number of fused-ring (bicyclic) bond motifs is 2. The lowest BCUT2D eigenvalue weighted by molar-refractivity contribution is -0.0645. The smallest absolute Gasteiger partial charge is 0.255 e. The number of sulfonamides is 1. The van der Waals surface area contributed by atoms with E-state index in [0.29, 0.717) is 46.8 Å². The van der Waals surface area contributed by atoms with Gasteiger partial charge >= 0.3 is 0 Å². The van der Waals surface area contributed by atoms with Gasteiger partial charge in [0.25, 0.3) is 5.91 Å². The minimum atomic E-state index is -3.65. The van der Waals surface area contributed by atoms with Crippen molar-refractivity contribution in [2.45, 2.75) is 38.6 Å². The van der Waals surface area contributed by atoms with E-state index in [1.807, 2.05) is 44.2 Å². The highest BCUT2D eigenvalue weighted by Crippen LogP contribution is 2.42. The number of hydrogen-bond donors (Lipinski definition) is 1. The maximum Gasteiger partial charge on any atom is 0.255 e. The van der Waals surface area contributed by atoms with Crippen molar-refractivity contribution in [3.05, 3.63) is 53.1 Å². The van der Waals surface area contributed by atoms with E-state index in [4.69, 9.17) is 18.6 Å². The monoisotopic (exact) mass is 528 g/mol. The maximum atomic E-state index is 13.0.